The molecule has 108 valence electrons. The number of carbonyl (C=O) groups excluding carboxylic acids is 1. The molecule has 0 saturated carbocycles. The maximum Gasteiger partial charge on any atom is 0.414 e. The number of ether oxygens (including phenoxy) is 2. The van der Waals surface area contributed by atoms with Gasteiger partial charge in [0.2, 0.25) is 0 Å². The third-order valence-electron chi connectivity index (χ3n) is 3.29. The highest BCUT2D eigenvalue weighted by Crippen LogP contribution is 2.27. The summed E-state index contributed by atoms with van der Waals surface area (Å²) in [5, 5.41) is 0. The third-order valence-corrected chi connectivity index (χ3v) is 3.29. The summed E-state index contributed by atoms with van der Waals surface area (Å²) in [4.78, 5) is 13.5. The van der Waals surface area contributed by atoms with Crippen LogP contribution < -0.4 is 0 Å². The van der Waals surface area contributed by atoms with Gasteiger partial charge in [-0.25, -0.2) is 4.79 Å². The molecule has 0 radical (unpaired) electrons. The Morgan fingerprint density at radius 3 is 2.65 bits per heavy atom. The van der Waals surface area contributed by atoms with Gasteiger partial charge in [-0.3, -0.25) is 4.90 Å². The lowest BCUT2D eigenvalue weighted by Gasteiger charge is -2.18. The fourth-order valence-corrected chi connectivity index (χ4v) is 2.33. The number of carbonyl (C=O) groups is 1. The summed E-state index contributed by atoms with van der Waals surface area (Å²) in [6.45, 7) is 5.42. The fraction of sp³-hybridized carbons (Fsp3) is 0.438. The Balaban J connectivity index is 2.02. The predicted octanol–water partition coefficient (Wildman–Crippen LogP) is 3.69. The number of rotatable bonds is 5. The van der Waals surface area contributed by atoms with Gasteiger partial charge in [0.1, 0.15) is 12.4 Å². The number of benzene rings is 1. The van der Waals surface area contributed by atoms with E-state index in [-0.39, 0.29) is 6.09 Å². The van der Waals surface area contributed by atoms with Crippen molar-refractivity contribution in [2.45, 2.75) is 33.3 Å². The minimum absolute atomic E-state index is 0.275. The average molecular weight is 275 g/mol. The molecule has 0 fully saturated rings. The van der Waals surface area contributed by atoms with Crippen LogP contribution in [0.5, 0.6) is 0 Å². The van der Waals surface area contributed by atoms with Crippen molar-refractivity contribution in [1.82, 2.24) is 4.90 Å². The first kappa shape index (κ1) is 14.4. The SMILES string of the molecule is CCOC(=O)N1CCC(OCc2ccccc2)=C1CC. The van der Waals surface area contributed by atoms with Crippen molar-refractivity contribution < 1.29 is 14.3 Å². The summed E-state index contributed by atoms with van der Waals surface area (Å²) in [5.74, 6) is 0.907. The van der Waals surface area contributed by atoms with Gasteiger partial charge in [-0.15, -0.1) is 0 Å². The lowest BCUT2D eigenvalue weighted by Crippen LogP contribution is -2.28. The standard InChI is InChI=1S/C16H21NO3/c1-3-14-15(10-11-17(14)16(18)19-4-2)20-12-13-8-6-5-7-9-13/h5-9H,3-4,10-12H2,1-2H3. The molecule has 1 aliphatic heterocycles. The zero-order valence-electron chi connectivity index (χ0n) is 12.1. The van der Waals surface area contributed by atoms with E-state index < -0.39 is 0 Å². The molecule has 20 heavy (non-hydrogen) atoms. The van der Waals surface area contributed by atoms with Gasteiger partial charge in [-0.1, -0.05) is 37.3 Å². The van der Waals surface area contributed by atoms with E-state index in [2.05, 4.69) is 0 Å². The van der Waals surface area contributed by atoms with E-state index in [1.807, 2.05) is 44.2 Å². The van der Waals surface area contributed by atoms with E-state index in [0.29, 0.717) is 19.8 Å². The van der Waals surface area contributed by atoms with Gasteiger partial charge in [0.25, 0.3) is 0 Å². The van der Waals surface area contributed by atoms with Crippen LogP contribution in [0.3, 0.4) is 0 Å². The molecule has 1 aromatic carbocycles. The van der Waals surface area contributed by atoms with Crippen LogP contribution in [0.15, 0.2) is 41.8 Å². The van der Waals surface area contributed by atoms with Crippen LogP contribution in [0.2, 0.25) is 0 Å². The molecular formula is C16H21NO3. The van der Waals surface area contributed by atoms with E-state index in [1.54, 1.807) is 4.90 Å². The first-order chi connectivity index (χ1) is 9.76. The molecule has 0 unspecified atom stereocenters. The Kier molecular flexibility index (Phi) is 5.04. The van der Waals surface area contributed by atoms with Crippen molar-refractivity contribution in [2.75, 3.05) is 13.2 Å². The van der Waals surface area contributed by atoms with Crippen LogP contribution in [0.1, 0.15) is 32.3 Å². The van der Waals surface area contributed by atoms with Gasteiger partial charge in [0.15, 0.2) is 0 Å². The Bertz CT molecular complexity index is 482. The number of nitrogens with zero attached hydrogens (tertiary/aromatic N) is 1. The summed E-state index contributed by atoms with van der Waals surface area (Å²) in [7, 11) is 0. The van der Waals surface area contributed by atoms with Crippen LogP contribution in [-0.2, 0) is 16.1 Å². The predicted molar refractivity (Wildman–Crippen MR) is 76.9 cm³/mol. The van der Waals surface area contributed by atoms with E-state index in [1.165, 1.54) is 0 Å². The Hall–Kier alpha value is -1.97. The van der Waals surface area contributed by atoms with E-state index in [0.717, 1.165) is 29.9 Å². The first-order valence-electron chi connectivity index (χ1n) is 7.09. The van der Waals surface area contributed by atoms with Gasteiger partial charge >= 0.3 is 6.09 Å². The van der Waals surface area contributed by atoms with Crippen LogP contribution >= 0.6 is 0 Å². The number of allylic oxidation sites excluding steroid dienone is 1. The number of hydrogen-bond acceptors (Lipinski definition) is 3. The molecule has 4 nitrogen and oxygen atoms in total. The van der Waals surface area contributed by atoms with Crippen molar-refractivity contribution in [2.24, 2.45) is 0 Å². The number of amides is 1. The summed E-state index contributed by atoms with van der Waals surface area (Å²) in [5.41, 5.74) is 2.07. The second kappa shape index (κ2) is 6.98. The number of hydrogen-bond donors (Lipinski definition) is 0. The first-order valence-corrected chi connectivity index (χ1v) is 7.09. The van der Waals surface area contributed by atoms with E-state index in [4.69, 9.17) is 9.47 Å². The lowest BCUT2D eigenvalue weighted by molar-refractivity contribution is 0.120. The maximum absolute atomic E-state index is 11.8. The summed E-state index contributed by atoms with van der Waals surface area (Å²) in [6, 6.07) is 10.0. The Labute approximate surface area is 120 Å². The summed E-state index contributed by atoms with van der Waals surface area (Å²) in [6.07, 6.45) is 1.25. The largest absolute Gasteiger partial charge is 0.491 e. The molecule has 0 bridgehead atoms. The zero-order valence-corrected chi connectivity index (χ0v) is 12.1. The van der Waals surface area contributed by atoms with E-state index in [9.17, 15) is 4.79 Å². The molecule has 0 aliphatic carbocycles. The van der Waals surface area contributed by atoms with Crippen LogP contribution in [0, 0.1) is 0 Å². The smallest absolute Gasteiger partial charge is 0.414 e. The summed E-state index contributed by atoms with van der Waals surface area (Å²) < 4.78 is 10.9. The Morgan fingerprint density at radius 2 is 2.00 bits per heavy atom. The van der Waals surface area contributed by atoms with Gasteiger partial charge in [-0.05, 0) is 18.9 Å². The van der Waals surface area contributed by atoms with Crippen molar-refractivity contribution in [1.29, 1.82) is 0 Å². The van der Waals surface area contributed by atoms with Gasteiger partial charge in [0, 0.05) is 13.0 Å². The molecule has 1 heterocycles. The highest BCUT2D eigenvalue weighted by Gasteiger charge is 2.28. The molecule has 4 heteroatoms. The minimum atomic E-state index is -0.275. The van der Waals surface area contributed by atoms with Crippen molar-refractivity contribution in [3.63, 3.8) is 0 Å². The van der Waals surface area contributed by atoms with Gasteiger partial charge in [0.05, 0.1) is 12.3 Å². The molecule has 2 rings (SSSR count). The highest BCUT2D eigenvalue weighted by atomic mass is 16.6. The molecule has 0 aromatic heterocycles. The highest BCUT2D eigenvalue weighted by molar-refractivity contribution is 5.70. The molecular weight excluding hydrogens is 254 g/mol. The van der Waals surface area contributed by atoms with Crippen molar-refractivity contribution >= 4 is 6.09 Å². The van der Waals surface area contributed by atoms with Crippen LogP contribution in [0.25, 0.3) is 0 Å². The molecule has 1 amide bonds. The fourth-order valence-electron chi connectivity index (χ4n) is 2.33. The average Bonchev–Trinajstić information content (AvgIpc) is 2.89. The van der Waals surface area contributed by atoms with E-state index >= 15 is 0 Å². The molecule has 0 spiro atoms. The Morgan fingerprint density at radius 1 is 1.25 bits per heavy atom. The van der Waals surface area contributed by atoms with Crippen molar-refractivity contribution in [3.8, 4) is 0 Å². The second-order valence-electron chi connectivity index (χ2n) is 4.60. The quantitative estimate of drug-likeness (QED) is 0.822. The maximum atomic E-state index is 11.8. The third kappa shape index (κ3) is 3.32. The second-order valence-corrected chi connectivity index (χ2v) is 4.60. The normalized spacial score (nSPS) is 14.6. The summed E-state index contributed by atoms with van der Waals surface area (Å²) >= 11 is 0. The van der Waals surface area contributed by atoms with Crippen LogP contribution in [-0.4, -0.2) is 24.1 Å². The minimum Gasteiger partial charge on any atom is -0.491 e. The van der Waals surface area contributed by atoms with Crippen LogP contribution in [0.4, 0.5) is 4.79 Å². The zero-order chi connectivity index (χ0) is 14.4. The lowest BCUT2D eigenvalue weighted by atomic mass is 10.2. The topological polar surface area (TPSA) is 38.8 Å². The molecule has 0 N–H and O–H groups in total. The molecule has 0 saturated heterocycles. The van der Waals surface area contributed by atoms with Gasteiger partial charge < -0.3 is 9.47 Å². The molecule has 0 atom stereocenters. The van der Waals surface area contributed by atoms with Gasteiger partial charge in [-0.2, -0.15) is 0 Å². The van der Waals surface area contributed by atoms with Crippen molar-refractivity contribution in [3.05, 3.63) is 47.4 Å². The monoisotopic (exact) mass is 275 g/mol. The molecule has 1 aromatic rings. The molecule has 1 aliphatic rings.